The van der Waals surface area contributed by atoms with Gasteiger partial charge < -0.3 is 19.6 Å². The lowest BCUT2D eigenvalue weighted by atomic mass is 10.1. The minimum Gasteiger partial charge on any atom is -0.497 e. The second-order valence-corrected chi connectivity index (χ2v) is 4.12. The van der Waals surface area contributed by atoms with E-state index in [0.717, 1.165) is 0 Å². The standard InChI is InChI=1S/C14H13NO5/c1-8-5-9(7-20-8)13(16)15-12-6-10(19-2)3-4-11(12)14(17)18/h3-7H,1-2H3,(H,15,16)(H,17,18). The van der Waals surface area contributed by atoms with E-state index < -0.39 is 11.9 Å². The fraction of sp³-hybridized carbons (Fsp3) is 0.143. The SMILES string of the molecule is COc1ccc(C(=O)O)c(NC(=O)c2coc(C)c2)c1. The highest BCUT2D eigenvalue weighted by Crippen LogP contribution is 2.23. The average molecular weight is 275 g/mol. The first-order valence-corrected chi connectivity index (χ1v) is 5.79. The van der Waals surface area contributed by atoms with E-state index in [1.54, 1.807) is 13.0 Å². The van der Waals surface area contributed by atoms with Crippen molar-refractivity contribution in [1.29, 1.82) is 0 Å². The number of methoxy groups -OCH3 is 1. The van der Waals surface area contributed by atoms with Gasteiger partial charge >= 0.3 is 5.97 Å². The Morgan fingerprint density at radius 2 is 2.05 bits per heavy atom. The Bertz CT molecular complexity index is 659. The van der Waals surface area contributed by atoms with E-state index >= 15 is 0 Å². The van der Waals surface area contributed by atoms with Crippen LogP contribution in [0.1, 0.15) is 26.5 Å². The Morgan fingerprint density at radius 1 is 1.30 bits per heavy atom. The maximum atomic E-state index is 12.0. The van der Waals surface area contributed by atoms with Crippen LogP contribution in [-0.2, 0) is 0 Å². The second-order valence-electron chi connectivity index (χ2n) is 4.12. The number of rotatable bonds is 4. The van der Waals surface area contributed by atoms with Crippen LogP contribution in [-0.4, -0.2) is 24.1 Å². The van der Waals surface area contributed by atoms with Crippen molar-refractivity contribution in [3.63, 3.8) is 0 Å². The number of benzene rings is 1. The van der Waals surface area contributed by atoms with Gasteiger partial charge in [-0.05, 0) is 25.1 Å². The molecule has 0 saturated heterocycles. The van der Waals surface area contributed by atoms with E-state index in [0.29, 0.717) is 17.1 Å². The first kappa shape index (κ1) is 13.7. The van der Waals surface area contributed by atoms with Crippen molar-refractivity contribution in [2.75, 3.05) is 12.4 Å². The lowest BCUT2D eigenvalue weighted by Gasteiger charge is -2.09. The predicted molar refractivity (Wildman–Crippen MR) is 71.4 cm³/mol. The maximum Gasteiger partial charge on any atom is 0.337 e. The Hall–Kier alpha value is -2.76. The number of ether oxygens (including phenoxy) is 1. The van der Waals surface area contributed by atoms with Gasteiger partial charge in [0.2, 0.25) is 0 Å². The number of carbonyl (C=O) groups excluding carboxylic acids is 1. The number of aryl methyl sites for hydroxylation is 1. The maximum absolute atomic E-state index is 12.0. The van der Waals surface area contributed by atoms with Gasteiger partial charge in [-0.2, -0.15) is 0 Å². The topological polar surface area (TPSA) is 88.8 Å². The summed E-state index contributed by atoms with van der Waals surface area (Å²) in [6.07, 6.45) is 1.31. The molecule has 1 amide bonds. The molecule has 0 bridgehead atoms. The number of furan rings is 1. The smallest absolute Gasteiger partial charge is 0.337 e. The molecule has 2 aromatic rings. The Labute approximate surface area is 115 Å². The number of aromatic carboxylic acids is 1. The van der Waals surface area contributed by atoms with E-state index in [1.165, 1.54) is 31.6 Å². The number of hydrogen-bond donors (Lipinski definition) is 2. The minimum atomic E-state index is -1.13. The molecule has 0 saturated carbocycles. The number of nitrogens with one attached hydrogen (secondary N) is 1. The Morgan fingerprint density at radius 3 is 2.60 bits per heavy atom. The summed E-state index contributed by atoms with van der Waals surface area (Å²) in [6.45, 7) is 1.71. The zero-order valence-corrected chi connectivity index (χ0v) is 11.0. The van der Waals surface area contributed by atoms with Gasteiger partial charge in [-0.3, -0.25) is 4.79 Å². The lowest BCUT2D eigenvalue weighted by Crippen LogP contribution is -2.14. The molecule has 104 valence electrons. The summed E-state index contributed by atoms with van der Waals surface area (Å²) in [7, 11) is 1.46. The molecule has 6 nitrogen and oxygen atoms in total. The van der Waals surface area contributed by atoms with E-state index in [2.05, 4.69) is 5.32 Å². The van der Waals surface area contributed by atoms with Crippen molar-refractivity contribution in [2.45, 2.75) is 6.92 Å². The molecule has 20 heavy (non-hydrogen) atoms. The van der Waals surface area contributed by atoms with Crippen molar-refractivity contribution in [1.82, 2.24) is 0 Å². The van der Waals surface area contributed by atoms with Gasteiger partial charge in [0.25, 0.3) is 5.91 Å². The van der Waals surface area contributed by atoms with Crippen molar-refractivity contribution >= 4 is 17.6 Å². The van der Waals surface area contributed by atoms with Gasteiger partial charge in [0, 0.05) is 6.07 Å². The Kier molecular flexibility index (Phi) is 3.74. The van der Waals surface area contributed by atoms with Gasteiger partial charge in [0.1, 0.15) is 17.8 Å². The van der Waals surface area contributed by atoms with E-state index in [1.807, 2.05) is 0 Å². The molecule has 2 rings (SSSR count). The van der Waals surface area contributed by atoms with Gasteiger partial charge in [0.15, 0.2) is 0 Å². The highest BCUT2D eigenvalue weighted by molar-refractivity contribution is 6.07. The second kappa shape index (κ2) is 5.48. The molecular formula is C14H13NO5. The largest absolute Gasteiger partial charge is 0.497 e. The fourth-order valence-corrected chi connectivity index (χ4v) is 1.70. The first-order chi connectivity index (χ1) is 9.51. The summed E-state index contributed by atoms with van der Waals surface area (Å²) in [5.41, 5.74) is 0.474. The lowest BCUT2D eigenvalue weighted by molar-refractivity contribution is 0.0698. The average Bonchev–Trinajstić information content (AvgIpc) is 2.85. The summed E-state index contributed by atoms with van der Waals surface area (Å²) in [5, 5.41) is 11.6. The zero-order chi connectivity index (χ0) is 14.7. The third-order valence-corrected chi connectivity index (χ3v) is 2.70. The molecule has 0 atom stereocenters. The highest BCUT2D eigenvalue weighted by atomic mass is 16.5. The van der Waals surface area contributed by atoms with Crippen molar-refractivity contribution in [3.8, 4) is 5.75 Å². The summed E-state index contributed by atoms with van der Waals surface area (Å²) >= 11 is 0. The molecule has 0 aliphatic rings. The molecule has 0 spiro atoms. The number of carboxylic acids is 1. The van der Waals surface area contributed by atoms with Crippen LogP contribution in [0.3, 0.4) is 0 Å². The molecule has 0 fully saturated rings. The van der Waals surface area contributed by atoms with Crippen molar-refractivity contribution < 1.29 is 23.8 Å². The quantitative estimate of drug-likeness (QED) is 0.895. The predicted octanol–water partition coefficient (Wildman–Crippen LogP) is 2.55. The van der Waals surface area contributed by atoms with Crippen LogP contribution in [0, 0.1) is 6.92 Å². The fourth-order valence-electron chi connectivity index (χ4n) is 1.70. The molecule has 1 aromatic heterocycles. The van der Waals surface area contributed by atoms with Crippen molar-refractivity contribution in [2.24, 2.45) is 0 Å². The number of carboxylic acid groups (broad SMARTS) is 1. The molecule has 2 N–H and O–H groups in total. The van der Waals surface area contributed by atoms with Crippen LogP contribution >= 0.6 is 0 Å². The molecule has 1 heterocycles. The van der Waals surface area contributed by atoms with E-state index in [4.69, 9.17) is 14.3 Å². The highest BCUT2D eigenvalue weighted by Gasteiger charge is 2.15. The molecule has 6 heteroatoms. The molecule has 0 aliphatic heterocycles. The van der Waals surface area contributed by atoms with Crippen molar-refractivity contribution in [3.05, 3.63) is 47.4 Å². The molecule has 0 aliphatic carbocycles. The number of hydrogen-bond acceptors (Lipinski definition) is 4. The molecular weight excluding hydrogens is 262 g/mol. The third kappa shape index (κ3) is 2.80. The van der Waals surface area contributed by atoms with Gasteiger partial charge in [-0.15, -0.1) is 0 Å². The van der Waals surface area contributed by atoms with Crippen LogP contribution in [0.15, 0.2) is 34.9 Å². The Balaban J connectivity index is 2.31. The van der Waals surface area contributed by atoms with Crippen LogP contribution in [0.4, 0.5) is 5.69 Å². The molecule has 1 aromatic carbocycles. The molecule has 0 unspecified atom stereocenters. The summed E-state index contributed by atoms with van der Waals surface area (Å²) in [5.74, 6) is -0.531. The van der Waals surface area contributed by atoms with Gasteiger partial charge in [-0.25, -0.2) is 4.79 Å². The van der Waals surface area contributed by atoms with Gasteiger partial charge in [-0.1, -0.05) is 0 Å². The zero-order valence-electron chi connectivity index (χ0n) is 11.0. The minimum absolute atomic E-state index is 0.0145. The van der Waals surface area contributed by atoms with Crippen LogP contribution in [0.25, 0.3) is 0 Å². The van der Waals surface area contributed by atoms with Crippen LogP contribution in [0.5, 0.6) is 5.75 Å². The third-order valence-electron chi connectivity index (χ3n) is 2.70. The number of amides is 1. The monoisotopic (exact) mass is 275 g/mol. The summed E-state index contributed by atoms with van der Waals surface area (Å²) in [4.78, 5) is 23.1. The van der Waals surface area contributed by atoms with Crippen LogP contribution in [0.2, 0.25) is 0 Å². The van der Waals surface area contributed by atoms with E-state index in [-0.39, 0.29) is 11.3 Å². The van der Waals surface area contributed by atoms with Gasteiger partial charge in [0.05, 0.1) is 23.9 Å². The summed E-state index contributed by atoms with van der Waals surface area (Å²) in [6, 6.07) is 5.91. The summed E-state index contributed by atoms with van der Waals surface area (Å²) < 4.78 is 10.1. The molecule has 0 radical (unpaired) electrons. The van der Waals surface area contributed by atoms with E-state index in [9.17, 15) is 9.59 Å². The number of anilines is 1. The normalized spacial score (nSPS) is 10.1. The van der Waals surface area contributed by atoms with Crippen LogP contribution < -0.4 is 10.1 Å². The first-order valence-electron chi connectivity index (χ1n) is 5.79. The number of carbonyl (C=O) groups is 2.